The maximum absolute atomic E-state index is 12.6. The largest absolute Gasteiger partial charge is 0.495 e. The normalized spacial score (nSPS) is 15.9. The van der Waals surface area contributed by atoms with Crippen LogP contribution in [0.25, 0.3) is 0 Å². The number of urea groups is 1. The summed E-state index contributed by atoms with van der Waals surface area (Å²) in [5.41, 5.74) is 1.50. The average Bonchev–Trinajstić information content (AvgIpc) is 2.68. The number of benzene rings is 1. The SMILES string of the molecule is COc1ccc(Cl)cc1NC(=O)NC(c1cccnc1)C1CCOCC1. The minimum atomic E-state index is -0.314. The van der Waals surface area contributed by atoms with Crippen molar-refractivity contribution >= 4 is 23.3 Å². The van der Waals surface area contributed by atoms with Crippen molar-refractivity contribution in [1.29, 1.82) is 0 Å². The number of carbonyl (C=O) groups is 1. The summed E-state index contributed by atoms with van der Waals surface area (Å²) in [6.07, 6.45) is 5.29. The van der Waals surface area contributed by atoms with Crippen molar-refractivity contribution in [1.82, 2.24) is 10.3 Å². The van der Waals surface area contributed by atoms with E-state index in [4.69, 9.17) is 21.1 Å². The van der Waals surface area contributed by atoms with E-state index in [2.05, 4.69) is 15.6 Å². The second-order valence-corrected chi connectivity index (χ2v) is 6.59. The van der Waals surface area contributed by atoms with Crippen molar-refractivity contribution in [3.05, 3.63) is 53.3 Å². The summed E-state index contributed by atoms with van der Waals surface area (Å²) in [5, 5.41) is 6.43. The van der Waals surface area contributed by atoms with E-state index in [1.54, 1.807) is 37.7 Å². The van der Waals surface area contributed by atoms with Crippen LogP contribution in [0.5, 0.6) is 5.75 Å². The quantitative estimate of drug-likeness (QED) is 0.827. The molecule has 1 saturated heterocycles. The number of hydrogen-bond donors (Lipinski definition) is 2. The van der Waals surface area contributed by atoms with Gasteiger partial charge in [-0.3, -0.25) is 4.98 Å². The Bertz CT molecular complexity index is 736. The topological polar surface area (TPSA) is 72.5 Å². The lowest BCUT2D eigenvalue weighted by atomic mass is 9.88. The van der Waals surface area contributed by atoms with E-state index in [0.29, 0.717) is 35.6 Å². The Labute approximate surface area is 157 Å². The Hall–Kier alpha value is -2.31. The monoisotopic (exact) mass is 375 g/mol. The van der Waals surface area contributed by atoms with Gasteiger partial charge in [0.05, 0.1) is 18.8 Å². The average molecular weight is 376 g/mol. The predicted molar refractivity (Wildman–Crippen MR) is 101 cm³/mol. The van der Waals surface area contributed by atoms with Crippen LogP contribution in [0.15, 0.2) is 42.7 Å². The number of nitrogens with zero attached hydrogens (tertiary/aromatic N) is 1. The van der Waals surface area contributed by atoms with Gasteiger partial charge in [-0.1, -0.05) is 17.7 Å². The molecule has 0 aliphatic carbocycles. The van der Waals surface area contributed by atoms with Gasteiger partial charge in [0.15, 0.2) is 0 Å². The number of anilines is 1. The first-order valence-corrected chi connectivity index (χ1v) is 8.94. The Kier molecular flexibility index (Phi) is 6.30. The van der Waals surface area contributed by atoms with Crippen LogP contribution in [-0.4, -0.2) is 31.3 Å². The van der Waals surface area contributed by atoms with Crippen LogP contribution in [-0.2, 0) is 4.74 Å². The zero-order valence-electron chi connectivity index (χ0n) is 14.6. The molecule has 1 aliphatic rings. The fraction of sp³-hybridized carbons (Fsp3) is 0.368. The molecule has 138 valence electrons. The van der Waals surface area contributed by atoms with Crippen LogP contribution in [0.3, 0.4) is 0 Å². The molecule has 26 heavy (non-hydrogen) atoms. The van der Waals surface area contributed by atoms with Crippen molar-refractivity contribution < 1.29 is 14.3 Å². The van der Waals surface area contributed by atoms with Crippen molar-refractivity contribution in [2.24, 2.45) is 5.92 Å². The van der Waals surface area contributed by atoms with E-state index in [0.717, 1.165) is 18.4 Å². The third-order valence-corrected chi connectivity index (χ3v) is 4.71. The number of pyridine rings is 1. The molecule has 1 aromatic heterocycles. The third kappa shape index (κ3) is 4.65. The molecule has 1 fully saturated rings. The number of rotatable bonds is 5. The number of halogens is 1. The second kappa shape index (κ2) is 8.87. The van der Waals surface area contributed by atoms with Gasteiger partial charge in [0.25, 0.3) is 0 Å². The molecule has 2 heterocycles. The zero-order valence-corrected chi connectivity index (χ0v) is 15.3. The molecule has 1 aliphatic heterocycles. The van der Waals surface area contributed by atoms with E-state index >= 15 is 0 Å². The predicted octanol–water partition coefficient (Wildman–Crippen LogP) is 4.03. The molecule has 0 spiro atoms. The molecule has 6 nitrogen and oxygen atoms in total. The van der Waals surface area contributed by atoms with E-state index < -0.39 is 0 Å². The minimum Gasteiger partial charge on any atom is -0.495 e. The van der Waals surface area contributed by atoms with Crippen LogP contribution in [0.2, 0.25) is 5.02 Å². The van der Waals surface area contributed by atoms with Gasteiger partial charge in [-0.05, 0) is 48.6 Å². The van der Waals surface area contributed by atoms with Gasteiger partial charge in [-0.15, -0.1) is 0 Å². The van der Waals surface area contributed by atoms with Crippen LogP contribution in [0.4, 0.5) is 10.5 Å². The van der Waals surface area contributed by atoms with Crippen molar-refractivity contribution in [3.63, 3.8) is 0 Å². The standard InChI is InChI=1S/C19H22ClN3O3/c1-25-17-5-4-15(20)11-16(17)22-19(24)23-18(13-6-9-26-10-7-13)14-3-2-8-21-12-14/h2-5,8,11-13,18H,6-7,9-10H2,1H3,(H2,22,23,24). The first-order valence-electron chi connectivity index (χ1n) is 8.56. The zero-order chi connectivity index (χ0) is 18.4. The highest BCUT2D eigenvalue weighted by atomic mass is 35.5. The van der Waals surface area contributed by atoms with E-state index in [1.807, 2.05) is 12.1 Å². The molecule has 2 N–H and O–H groups in total. The molecular formula is C19H22ClN3O3. The number of nitrogens with one attached hydrogen (secondary N) is 2. The van der Waals surface area contributed by atoms with Gasteiger partial charge >= 0.3 is 6.03 Å². The Morgan fingerprint density at radius 3 is 2.85 bits per heavy atom. The Balaban J connectivity index is 1.76. The van der Waals surface area contributed by atoms with Crippen molar-refractivity contribution in [2.75, 3.05) is 25.6 Å². The summed E-state index contributed by atoms with van der Waals surface area (Å²) in [6.45, 7) is 1.40. The lowest BCUT2D eigenvalue weighted by Gasteiger charge is -2.31. The molecule has 1 atom stereocenters. The van der Waals surface area contributed by atoms with Gasteiger partial charge < -0.3 is 20.1 Å². The highest BCUT2D eigenvalue weighted by Gasteiger charge is 2.27. The first-order chi connectivity index (χ1) is 12.7. The molecule has 0 bridgehead atoms. The summed E-state index contributed by atoms with van der Waals surface area (Å²) in [5.74, 6) is 0.841. The molecule has 1 aromatic carbocycles. The van der Waals surface area contributed by atoms with E-state index in [1.165, 1.54) is 0 Å². The van der Waals surface area contributed by atoms with Crippen molar-refractivity contribution in [2.45, 2.75) is 18.9 Å². The minimum absolute atomic E-state index is 0.141. The summed E-state index contributed by atoms with van der Waals surface area (Å²) in [6, 6.07) is 8.49. The van der Waals surface area contributed by atoms with Gasteiger partial charge in [0.1, 0.15) is 5.75 Å². The number of aromatic nitrogens is 1. The number of hydrogen-bond acceptors (Lipinski definition) is 4. The van der Waals surface area contributed by atoms with Gasteiger partial charge in [0, 0.05) is 30.6 Å². The van der Waals surface area contributed by atoms with Gasteiger partial charge in [0.2, 0.25) is 0 Å². The van der Waals surface area contributed by atoms with Crippen LogP contribution < -0.4 is 15.4 Å². The Morgan fingerprint density at radius 1 is 1.35 bits per heavy atom. The highest BCUT2D eigenvalue weighted by molar-refractivity contribution is 6.31. The fourth-order valence-electron chi connectivity index (χ4n) is 3.16. The molecule has 1 unspecified atom stereocenters. The van der Waals surface area contributed by atoms with Gasteiger partial charge in [-0.25, -0.2) is 4.79 Å². The van der Waals surface area contributed by atoms with Gasteiger partial charge in [-0.2, -0.15) is 0 Å². The van der Waals surface area contributed by atoms with Crippen LogP contribution >= 0.6 is 11.6 Å². The molecular weight excluding hydrogens is 354 g/mol. The van der Waals surface area contributed by atoms with E-state index in [-0.39, 0.29) is 12.1 Å². The highest BCUT2D eigenvalue weighted by Crippen LogP contribution is 2.31. The molecule has 7 heteroatoms. The summed E-state index contributed by atoms with van der Waals surface area (Å²) >= 11 is 6.03. The lowest BCUT2D eigenvalue weighted by Crippen LogP contribution is -2.38. The number of methoxy groups -OCH3 is 1. The first kappa shape index (κ1) is 18.5. The molecule has 0 saturated carbocycles. The third-order valence-electron chi connectivity index (χ3n) is 4.48. The second-order valence-electron chi connectivity index (χ2n) is 6.16. The van der Waals surface area contributed by atoms with E-state index in [9.17, 15) is 4.79 Å². The van der Waals surface area contributed by atoms with Crippen LogP contribution in [0, 0.1) is 5.92 Å². The molecule has 0 radical (unpaired) electrons. The number of ether oxygens (including phenoxy) is 2. The summed E-state index contributed by atoms with van der Waals surface area (Å²) < 4.78 is 10.7. The molecule has 2 amide bonds. The van der Waals surface area contributed by atoms with Crippen LogP contribution in [0.1, 0.15) is 24.4 Å². The fourth-order valence-corrected chi connectivity index (χ4v) is 3.33. The smallest absolute Gasteiger partial charge is 0.319 e. The molecule has 2 aromatic rings. The summed E-state index contributed by atoms with van der Waals surface area (Å²) in [4.78, 5) is 16.8. The van der Waals surface area contributed by atoms with Crippen molar-refractivity contribution in [3.8, 4) is 5.75 Å². The number of carbonyl (C=O) groups excluding carboxylic acids is 1. The maximum Gasteiger partial charge on any atom is 0.319 e. The number of amides is 2. The maximum atomic E-state index is 12.6. The molecule has 3 rings (SSSR count). The summed E-state index contributed by atoms with van der Waals surface area (Å²) in [7, 11) is 1.55. The Morgan fingerprint density at radius 2 is 2.15 bits per heavy atom. The lowest BCUT2D eigenvalue weighted by molar-refractivity contribution is 0.0550.